The van der Waals surface area contributed by atoms with Gasteiger partial charge in [0.2, 0.25) is 0 Å². The van der Waals surface area contributed by atoms with Crippen LogP contribution in [0.1, 0.15) is 17.7 Å². The predicted molar refractivity (Wildman–Crippen MR) is 110 cm³/mol. The topological polar surface area (TPSA) is 59.4 Å². The van der Waals surface area contributed by atoms with Gasteiger partial charge in [-0.2, -0.15) is 18.3 Å². The Hall–Kier alpha value is -3.49. The lowest BCUT2D eigenvalue weighted by Gasteiger charge is -2.20. The van der Waals surface area contributed by atoms with Crippen LogP contribution in [-0.4, -0.2) is 35.0 Å². The molecule has 0 saturated carbocycles. The molecule has 3 aromatic rings. The Labute approximate surface area is 177 Å². The fourth-order valence-corrected chi connectivity index (χ4v) is 3.61. The number of carbonyl (C=O) groups excluding carboxylic acids is 1. The van der Waals surface area contributed by atoms with Crippen LogP contribution in [0.2, 0.25) is 0 Å². The van der Waals surface area contributed by atoms with Crippen LogP contribution < -0.4 is 15.0 Å². The summed E-state index contributed by atoms with van der Waals surface area (Å²) in [7, 11) is 0. The highest BCUT2D eigenvalue weighted by molar-refractivity contribution is 5.71. The number of amides is 1. The SMILES string of the molecule is Cc1c(OC(=O)NC2CCN(c3cccc(C(F)(F)F)c3)C2)cnn1-c1ccccc1. The van der Waals surface area contributed by atoms with Gasteiger partial charge < -0.3 is 15.0 Å². The third-order valence-corrected chi connectivity index (χ3v) is 5.22. The molecule has 0 aliphatic carbocycles. The number of nitrogens with one attached hydrogen (secondary N) is 1. The Morgan fingerprint density at radius 2 is 1.87 bits per heavy atom. The number of alkyl halides is 3. The van der Waals surface area contributed by atoms with Crippen LogP contribution in [0.5, 0.6) is 5.75 Å². The molecule has 1 fully saturated rings. The first kappa shape index (κ1) is 20.8. The summed E-state index contributed by atoms with van der Waals surface area (Å²) in [5, 5.41) is 7.05. The largest absolute Gasteiger partial charge is 0.416 e. The fourth-order valence-electron chi connectivity index (χ4n) is 3.61. The first-order valence-corrected chi connectivity index (χ1v) is 9.82. The van der Waals surface area contributed by atoms with E-state index in [-0.39, 0.29) is 6.04 Å². The molecule has 1 aliphatic heterocycles. The van der Waals surface area contributed by atoms with Crippen molar-refractivity contribution in [1.82, 2.24) is 15.1 Å². The molecule has 1 aliphatic rings. The van der Waals surface area contributed by atoms with Crippen molar-refractivity contribution in [2.24, 2.45) is 0 Å². The standard InChI is InChI=1S/C22H21F3N4O2/c1-15-20(13-26-29(15)18-7-3-2-4-8-18)31-21(30)27-17-10-11-28(14-17)19-9-5-6-16(12-19)22(23,24)25/h2-9,12-13,17H,10-11,14H2,1H3,(H,27,30). The van der Waals surface area contributed by atoms with Gasteiger partial charge >= 0.3 is 12.3 Å². The van der Waals surface area contributed by atoms with Crippen molar-refractivity contribution in [2.45, 2.75) is 25.6 Å². The van der Waals surface area contributed by atoms with Gasteiger partial charge in [-0.3, -0.25) is 0 Å². The van der Waals surface area contributed by atoms with E-state index in [2.05, 4.69) is 10.4 Å². The molecule has 1 amide bonds. The van der Waals surface area contributed by atoms with Gasteiger partial charge in [0.15, 0.2) is 5.75 Å². The number of halogens is 3. The number of rotatable bonds is 4. The van der Waals surface area contributed by atoms with Crippen LogP contribution in [-0.2, 0) is 6.18 Å². The molecule has 2 aromatic carbocycles. The molecule has 1 aromatic heterocycles. The van der Waals surface area contributed by atoms with Gasteiger partial charge in [0.25, 0.3) is 0 Å². The van der Waals surface area contributed by atoms with E-state index in [1.165, 1.54) is 12.3 Å². The lowest BCUT2D eigenvalue weighted by molar-refractivity contribution is -0.137. The molecule has 1 N–H and O–H groups in total. The second-order valence-corrected chi connectivity index (χ2v) is 7.36. The highest BCUT2D eigenvalue weighted by Gasteiger charge is 2.32. The number of anilines is 1. The number of para-hydroxylation sites is 1. The maximum absolute atomic E-state index is 13.0. The molecular formula is C22H21F3N4O2. The lowest BCUT2D eigenvalue weighted by atomic mass is 10.2. The van der Waals surface area contributed by atoms with Gasteiger partial charge in [0.1, 0.15) is 0 Å². The zero-order valence-electron chi connectivity index (χ0n) is 16.8. The smallest absolute Gasteiger partial charge is 0.407 e. The van der Waals surface area contributed by atoms with Crippen LogP contribution in [0, 0.1) is 6.92 Å². The number of ether oxygens (including phenoxy) is 1. The number of aromatic nitrogens is 2. The first-order chi connectivity index (χ1) is 14.8. The minimum absolute atomic E-state index is 0.230. The summed E-state index contributed by atoms with van der Waals surface area (Å²) in [6, 6.07) is 14.4. The van der Waals surface area contributed by atoms with Crippen molar-refractivity contribution in [2.75, 3.05) is 18.0 Å². The number of nitrogens with zero attached hydrogens (tertiary/aromatic N) is 3. The predicted octanol–water partition coefficient (Wildman–Crippen LogP) is 4.57. The molecule has 162 valence electrons. The Bertz CT molecular complexity index is 1070. The highest BCUT2D eigenvalue weighted by Crippen LogP contribution is 2.32. The van der Waals surface area contributed by atoms with Gasteiger partial charge in [-0.05, 0) is 43.7 Å². The molecule has 4 rings (SSSR count). The van der Waals surface area contributed by atoms with Gasteiger partial charge in [0, 0.05) is 18.8 Å². The first-order valence-electron chi connectivity index (χ1n) is 9.82. The van der Waals surface area contributed by atoms with Crippen LogP contribution in [0.3, 0.4) is 0 Å². The van der Waals surface area contributed by atoms with E-state index >= 15 is 0 Å². The fraction of sp³-hybridized carbons (Fsp3) is 0.273. The van der Waals surface area contributed by atoms with Crippen molar-refractivity contribution >= 4 is 11.8 Å². The Morgan fingerprint density at radius 1 is 1.13 bits per heavy atom. The Kier molecular flexibility index (Phi) is 5.58. The summed E-state index contributed by atoms with van der Waals surface area (Å²) in [5.74, 6) is 0.342. The number of hydrogen-bond donors (Lipinski definition) is 1. The van der Waals surface area contributed by atoms with Crippen LogP contribution in [0.25, 0.3) is 5.69 Å². The van der Waals surface area contributed by atoms with E-state index in [9.17, 15) is 18.0 Å². The van der Waals surface area contributed by atoms with Gasteiger partial charge in [-0.25, -0.2) is 9.48 Å². The van der Waals surface area contributed by atoms with Crippen LogP contribution >= 0.6 is 0 Å². The van der Waals surface area contributed by atoms with Crippen molar-refractivity contribution in [1.29, 1.82) is 0 Å². The van der Waals surface area contributed by atoms with Crippen molar-refractivity contribution in [3.8, 4) is 11.4 Å². The Balaban J connectivity index is 1.36. The van der Waals surface area contributed by atoms with Crippen LogP contribution in [0.4, 0.5) is 23.7 Å². The molecule has 2 heterocycles. The maximum atomic E-state index is 13.0. The van der Waals surface area contributed by atoms with Gasteiger partial charge in [-0.1, -0.05) is 24.3 Å². The minimum Gasteiger partial charge on any atom is -0.407 e. The minimum atomic E-state index is -4.39. The van der Waals surface area contributed by atoms with E-state index in [4.69, 9.17) is 4.74 Å². The van der Waals surface area contributed by atoms with Crippen molar-refractivity contribution < 1.29 is 22.7 Å². The second kappa shape index (κ2) is 8.33. The highest BCUT2D eigenvalue weighted by atomic mass is 19.4. The quantitative estimate of drug-likeness (QED) is 0.659. The average molecular weight is 430 g/mol. The Morgan fingerprint density at radius 3 is 2.61 bits per heavy atom. The van der Waals surface area contributed by atoms with Crippen LogP contribution in [0.15, 0.2) is 60.8 Å². The van der Waals surface area contributed by atoms with E-state index in [0.29, 0.717) is 36.6 Å². The van der Waals surface area contributed by atoms with Crippen molar-refractivity contribution in [3.05, 3.63) is 72.1 Å². The number of carbonyl (C=O) groups is 1. The average Bonchev–Trinajstić information content (AvgIpc) is 3.35. The molecule has 31 heavy (non-hydrogen) atoms. The molecule has 1 atom stereocenters. The van der Waals surface area contributed by atoms with E-state index < -0.39 is 17.8 Å². The summed E-state index contributed by atoms with van der Waals surface area (Å²) in [4.78, 5) is 14.2. The summed E-state index contributed by atoms with van der Waals surface area (Å²) in [6.07, 6.45) is -2.93. The second-order valence-electron chi connectivity index (χ2n) is 7.36. The number of benzene rings is 2. The van der Waals surface area contributed by atoms with Gasteiger partial charge in [0.05, 0.1) is 29.2 Å². The zero-order valence-corrected chi connectivity index (χ0v) is 16.8. The molecule has 1 saturated heterocycles. The molecule has 0 radical (unpaired) electrons. The summed E-state index contributed by atoms with van der Waals surface area (Å²) >= 11 is 0. The molecule has 0 spiro atoms. The van der Waals surface area contributed by atoms with Crippen molar-refractivity contribution in [3.63, 3.8) is 0 Å². The van der Waals surface area contributed by atoms with E-state index in [1.54, 1.807) is 17.7 Å². The molecule has 9 heteroatoms. The molecule has 1 unspecified atom stereocenters. The molecule has 6 nitrogen and oxygen atoms in total. The third kappa shape index (κ3) is 4.65. The monoisotopic (exact) mass is 430 g/mol. The van der Waals surface area contributed by atoms with Gasteiger partial charge in [-0.15, -0.1) is 0 Å². The number of hydrogen-bond acceptors (Lipinski definition) is 4. The molecule has 0 bridgehead atoms. The third-order valence-electron chi connectivity index (χ3n) is 5.22. The molecular weight excluding hydrogens is 409 g/mol. The van der Waals surface area contributed by atoms with E-state index in [0.717, 1.165) is 17.8 Å². The summed E-state index contributed by atoms with van der Waals surface area (Å²) in [6.45, 7) is 2.74. The normalized spacial score (nSPS) is 16.4. The zero-order chi connectivity index (χ0) is 22.0. The summed E-state index contributed by atoms with van der Waals surface area (Å²) < 4.78 is 46.0. The summed E-state index contributed by atoms with van der Waals surface area (Å²) in [5.41, 5.74) is 1.32. The van der Waals surface area contributed by atoms with E-state index in [1.807, 2.05) is 35.2 Å². The lowest BCUT2D eigenvalue weighted by Crippen LogP contribution is -2.38. The maximum Gasteiger partial charge on any atom is 0.416 e.